The fourth-order valence-corrected chi connectivity index (χ4v) is 4.12. The minimum Gasteiger partial charge on any atom is -0.496 e. The van der Waals surface area contributed by atoms with E-state index in [9.17, 15) is 8.42 Å². The van der Waals surface area contributed by atoms with Gasteiger partial charge in [-0.05, 0) is 36.6 Å². The van der Waals surface area contributed by atoms with Crippen LogP contribution in [-0.4, -0.2) is 40.4 Å². The number of methoxy groups -OCH3 is 1. The van der Waals surface area contributed by atoms with Crippen molar-refractivity contribution in [2.75, 3.05) is 31.3 Å². The number of hydrogen-bond donors (Lipinski definition) is 1. The van der Waals surface area contributed by atoms with Crippen LogP contribution in [0.1, 0.15) is 36.4 Å². The third-order valence-electron chi connectivity index (χ3n) is 5.28. The van der Waals surface area contributed by atoms with Gasteiger partial charge in [0, 0.05) is 31.7 Å². The van der Waals surface area contributed by atoms with Crippen LogP contribution < -0.4 is 14.5 Å². The Kier molecular flexibility index (Phi) is 6.59. The Hall–Kier alpha value is -2.09. The second kappa shape index (κ2) is 8.94. The Balaban J connectivity index is 1.78. The molecule has 3 rings (SSSR count). The van der Waals surface area contributed by atoms with Gasteiger partial charge >= 0.3 is 0 Å². The molecule has 152 valence electrons. The standard InChI is InChI=1S/C21H29N3O3S/c1-23(28(3,25)26)19-12-13-21(27-2)18(15-19)16-22-24-14-8-7-11-20(24)17-9-5-4-6-10-17/h4-6,9-10,12-13,15,20,22H,7-8,11,14,16H2,1-3H3. The first-order valence-electron chi connectivity index (χ1n) is 9.56. The van der Waals surface area contributed by atoms with Gasteiger partial charge in [0.25, 0.3) is 0 Å². The molecule has 0 spiro atoms. The summed E-state index contributed by atoms with van der Waals surface area (Å²) in [5.74, 6) is 0.742. The van der Waals surface area contributed by atoms with Crippen LogP contribution in [0.15, 0.2) is 48.5 Å². The number of hydrogen-bond acceptors (Lipinski definition) is 5. The van der Waals surface area contributed by atoms with E-state index in [1.165, 1.54) is 22.5 Å². The van der Waals surface area contributed by atoms with Gasteiger partial charge in [0.1, 0.15) is 5.75 Å². The fraction of sp³-hybridized carbons (Fsp3) is 0.429. The van der Waals surface area contributed by atoms with E-state index in [4.69, 9.17) is 4.74 Å². The lowest BCUT2D eigenvalue weighted by molar-refractivity contribution is 0.0822. The quantitative estimate of drug-likeness (QED) is 0.768. The number of nitrogens with zero attached hydrogens (tertiary/aromatic N) is 2. The molecule has 0 bridgehead atoms. The summed E-state index contributed by atoms with van der Waals surface area (Å²) >= 11 is 0. The number of ether oxygens (including phenoxy) is 1. The lowest BCUT2D eigenvalue weighted by Crippen LogP contribution is -2.43. The largest absolute Gasteiger partial charge is 0.496 e. The molecule has 6 nitrogen and oxygen atoms in total. The molecule has 1 heterocycles. The van der Waals surface area contributed by atoms with E-state index in [2.05, 4.69) is 34.7 Å². The van der Waals surface area contributed by atoms with Crippen molar-refractivity contribution in [1.82, 2.24) is 10.4 Å². The maximum atomic E-state index is 11.9. The number of piperidine rings is 1. The molecule has 1 fully saturated rings. The van der Waals surface area contributed by atoms with E-state index in [1.54, 1.807) is 20.2 Å². The predicted octanol–water partition coefficient (Wildman–Crippen LogP) is 3.32. The predicted molar refractivity (Wildman–Crippen MR) is 113 cm³/mol. The van der Waals surface area contributed by atoms with Crippen LogP contribution in [0.2, 0.25) is 0 Å². The van der Waals surface area contributed by atoms with E-state index in [1.807, 2.05) is 18.2 Å². The molecule has 28 heavy (non-hydrogen) atoms. The molecule has 0 amide bonds. The van der Waals surface area contributed by atoms with E-state index in [0.29, 0.717) is 18.3 Å². The molecule has 2 aromatic carbocycles. The van der Waals surface area contributed by atoms with E-state index in [-0.39, 0.29) is 0 Å². The van der Waals surface area contributed by atoms with Gasteiger partial charge in [0.05, 0.1) is 19.1 Å². The molecule has 2 aromatic rings. The Bertz CT molecular complexity index is 887. The van der Waals surface area contributed by atoms with E-state index < -0.39 is 10.0 Å². The summed E-state index contributed by atoms with van der Waals surface area (Å²) in [5.41, 5.74) is 6.41. The van der Waals surface area contributed by atoms with Crippen LogP contribution in [-0.2, 0) is 16.6 Å². The van der Waals surface area contributed by atoms with Crippen molar-refractivity contribution in [2.24, 2.45) is 0 Å². The average molecular weight is 404 g/mol. The monoisotopic (exact) mass is 403 g/mol. The SMILES string of the molecule is COc1ccc(N(C)S(C)(=O)=O)cc1CNN1CCCCC1c1ccccc1. The Morgan fingerprint density at radius 1 is 1.18 bits per heavy atom. The molecule has 7 heteroatoms. The molecule has 0 radical (unpaired) electrons. The number of benzene rings is 2. The number of rotatable bonds is 7. The summed E-state index contributed by atoms with van der Waals surface area (Å²) in [4.78, 5) is 0. The normalized spacial score (nSPS) is 18.0. The zero-order chi connectivity index (χ0) is 20.1. The number of nitrogens with one attached hydrogen (secondary N) is 1. The highest BCUT2D eigenvalue weighted by Crippen LogP contribution is 2.30. The summed E-state index contributed by atoms with van der Waals surface area (Å²) in [6.07, 6.45) is 4.69. The van der Waals surface area contributed by atoms with Crippen molar-refractivity contribution in [3.05, 3.63) is 59.7 Å². The van der Waals surface area contributed by atoms with Gasteiger partial charge in [-0.2, -0.15) is 0 Å². The summed E-state index contributed by atoms with van der Waals surface area (Å²) in [7, 11) is -0.119. The van der Waals surface area contributed by atoms with Crippen LogP contribution in [0, 0.1) is 0 Å². The number of anilines is 1. The van der Waals surface area contributed by atoms with E-state index in [0.717, 1.165) is 30.7 Å². The Morgan fingerprint density at radius 2 is 1.93 bits per heavy atom. The highest BCUT2D eigenvalue weighted by molar-refractivity contribution is 7.92. The summed E-state index contributed by atoms with van der Waals surface area (Å²) in [5, 5.41) is 2.30. The molecule has 1 aliphatic rings. The summed E-state index contributed by atoms with van der Waals surface area (Å²) < 4.78 is 30.5. The van der Waals surface area contributed by atoms with E-state index >= 15 is 0 Å². The number of hydrazine groups is 1. The molecule has 1 atom stereocenters. The molecular weight excluding hydrogens is 374 g/mol. The van der Waals surface area contributed by atoms with Crippen molar-refractivity contribution in [2.45, 2.75) is 31.8 Å². The molecule has 0 saturated carbocycles. The van der Waals surface area contributed by atoms with Gasteiger partial charge in [-0.25, -0.2) is 13.4 Å². The second-order valence-corrected chi connectivity index (χ2v) is 9.19. The third kappa shape index (κ3) is 4.84. The first kappa shape index (κ1) is 20.6. The fourth-order valence-electron chi connectivity index (χ4n) is 3.62. The first-order valence-corrected chi connectivity index (χ1v) is 11.4. The molecule has 0 aliphatic carbocycles. The van der Waals surface area contributed by atoms with Crippen LogP contribution in [0.3, 0.4) is 0 Å². The second-order valence-electron chi connectivity index (χ2n) is 7.18. The Morgan fingerprint density at radius 3 is 2.61 bits per heavy atom. The summed E-state index contributed by atoms with van der Waals surface area (Å²) in [6, 6.07) is 16.3. The van der Waals surface area contributed by atoms with Gasteiger partial charge < -0.3 is 4.74 Å². The van der Waals surface area contributed by atoms with Crippen LogP contribution >= 0.6 is 0 Å². The maximum Gasteiger partial charge on any atom is 0.231 e. The zero-order valence-electron chi connectivity index (χ0n) is 16.8. The highest BCUT2D eigenvalue weighted by Gasteiger charge is 2.24. The van der Waals surface area contributed by atoms with Crippen molar-refractivity contribution in [3.8, 4) is 5.75 Å². The van der Waals surface area contributed by atoms with Crippen molar-refractivity contribution in [3.63, 3.8) is 0 Å². The average Bonchev–Trinajstić information content (AvgIpc) is 2.71. The van der Waals surface area contributed by atoms with Gasteiger partial charge in [-0.1, -0.05) is 36.8 Å². The minimum atomic E-state index is -3.31. The molecular formula is C21H29N3O3S. The summed E-state index contributed by atoms with van der Waals surface area (Å²) in [6.45, 7) is 1.54. The topological polar surface area (TPSA) is 61.9 Å². The molecule has 0 aromatic heterocycles. The van der Waals surface area contributed by atoms with Gasteiger partial charge in [0.15, 0.2) is 0 Å². The number of sulfonamides is 1. The molecule has 1 N–H and O–H groups in total. The van der Waals surface area contributed by atoms with Crippen LogP contribution in [0.5, 0.6) is 5.75 Å². The van der Waals surface area contributed by atoms with Crippen molar-refractivity contribution >= 4 is 15.7 Å². The van der Waals surface area contributed by atoms with Crippen LogP contribution in [0.4, 0.5) is 5.69 Å². The highest BCUT2D eigenvalue weighted by atomic mass is 32.2. The Labute approximate surface area is 168 Å². The molecule has 1 unspecified atom stereocenters. The lowest BCUT2D eigenvalue weighted by Gasteiger charge is -2.36. The van der Waals surface area contributed by atoms with Crippen LogP contribution in [0.25, 0.3) is 0 Å². The lowest BCUT2D eigenvalue weighted by atomic mass is 9.97. The van der Waals surface area contributed by atoms with Gasteiger partial charge in [0.2, 0.25) is 10.0 Å². The van der Waals surface area contributed by atoms with Gasteiger partial charge in [-0.15, -0.1) is 0 Å². The molecule has 1 aliphatic heterocycles. The molecule has 1 saturated heterocycles. The third-order valence-corrected chi connectivity index (χ3v) is 6.49. The van der Waals surface area contributed by atoms with Crippen molar-refractivity contribution in [1.29, 1.82) is 0 Å². The minimum absolute atomic E-state index is 0.336. The first-order chi connectivity index (χ1) is 13.4. The zero-order valence-corrected chi connectivity index (χ0v) is 17.6. The maximum absolute atomic E-state index is 11.9. The van der Waals surface area contributed by atoms with Crippen molar-refractivity contribution < 1.29 is 13.2 Å². The van der Waals surface area contributed by atoms with Gasteiger partial charge in [-0.3, -0.25) is 9.73 Å². The smallest absolute Gasteiger partial charge is 0.231 e.